The highest BCUT2D eigenvalue weighted by molar-refractivity contribution is 5.48. The highest BCUT2D eigenvalue weighted by Gasteiger charge is 2.07. The molecule has 0 saturated heterocycles. The molecule has 2 aromatic carbocycles. The highest BCUT2D eigenvalue weighted by atomic mass is 16.5. The lowest BCUT2D eigenvalue weighted by Gasteiger charge is -2.17. The van der Waals surface area contributed by atoms with E-state index in [1.807, 2.05) is 18.2 Å². The van der Waals surface area contributed by atoms with Crippen LogP contribution in [0.4, 0.5) is 0 Å². The SMILES string of the molecule is COc1cccc(C(C)NCC(C)C=Cc2ccccc2)c1. The van der Waals surface area contributed by atoms with Crippen molar-refractivity contribution in [1.29, 1.82) is 0 Å². The van der Waals surface area contributed by atoms with Gasteiger partial charge >= 0.3 is 0 Å². The van der Waals surface area contributed by atoms with E-state index in [-0.39, 0.29) is 0 Å². The van der Waals surface area contributed by atoms with E-state index < -0.39 is 0 Å². The first-order chi connectivity index (χ1) is 10.7. The summed E-state index contributed by atoms with van der Waals surface area (Å²) in [5.74, 6) is 1.39. The Bertz CT molecular complexity index is 592. The maximum Gasteiger partial charge on any atom is 0.119 e. The second-order valence-electron chi connectivity index (χ2n) is 5.65. The summed E-state index contributed by atoms with van der Waals surface area (Å²) < 4.78 is 5.28. The summed E-state index contributed by atoms with van der Waals surface area (Å²) in [6.07, 6.45) is 4.43. The third-order valence-corrected chi connectivity index (χ3v) is 3.76. The van der Waals surface area contributed by atoms with Gasteiger partial charge in [-0.05, 0) is 36.1 Å². The van der Waals surface area contributed by atoms with E-state index in [4.69, 9.17) is 4.74 Å². The van der Waals surface area contributed by atoms with Crippen LogP contribution in [0.15, 0.2) is 60.7 Å². The molecule has 0 aliphatic carbocycles. The zero-order valence-corrected chi connectivity index (χ0v) is 13.6. The van der Waals surface area contributed by atoms with E-state index in [0.29, 0.717) is 12.0 Å². The quantitative estimate of drug-likeness (QED) is 0.799. The van der Waals surface area contributed by atoms with Crippen LogP contribution in [0.5, 0.6) is 5.75 Å². The molecule has 0 aliphatic rings. The molecule has 116 valence electrons. The third kappa shape index (κ3) is 5.05. The van der Waals surface area contributed by atoms with E-state index in [2.05, 4.69) is 67.7 Å². The Morgan fingerprint density at radius 2 is 1.82 bits per heavy atom. The van der Waals surface area contributed by atoms with Gasteiger partial charge < -0.3 is 10.1 Å². The summed E-state index contributed by atoms with van der Waals surface area (Å²) in [6.45, 7) is 5.36. The van der Waals surface area contributed by atoms with E-state index in [9.17, 15) is 0 Å². The Morgan fingerprint density at radius 1 is 1.05 bits per heavy atom. The Balaban J connectivity index is 1.85. The van der Waals surface area contributed by atoms with Gasteiger partial charge in [-0.1, -0.05) is 61.5 Å². The molecular weight excluding hydrogens is 270 g/mol. The molecule has 2 heteroatoms. The van der Waals surface area contributed by atoms with Crippen LogP contribution in [-0.2, 0) is 0 Å². The van der Waals surface area contributed by atoms with Crippen molar-refractivity contribution >= 4 is 6.08 Å². The fourth-order valence-electron chi connectivity index (χ4n) is 2.30. The van der Waals surface area contributed by atoms with Crippen LogP contribution in [0.1, 0.15) is 31.0 Å². The fraction of sp³-hybridized carbons (Fsp3) is 0.300. The molecule has 0 radical (unpaired) electrons. The third-order valence-electron chi connectivity index (χ3n) is 3.76. The first kappa shape index (κ1) is 16.3. The van der Waals surface area contributed by atoms with Crippen molar-refractivity contribution in [2.75, 3.05) is 13.7 Å². The predicted octanol–water partition coefficient (Wildman–Crippen LogP) is 4.70. The standard InChI is InChI=1S/C20H25NO/c1-16(12-13-18-8-5-4-6-9-18)15-21-17(2)19-10-7-11-20(14-19)22-3/h4-14,16-17,21H,15H2,1-3H3. The number of rotatable bonds is 7. The van der Waals surface area contributed by atoms with Crippen molar-refractivity contribution in [2.24, 2.45) is 5.92 Å². The molecule has 2 nitrogen and oxygen atoms in total. The van der Waals surface area contributed by atoms with Crippen molar-refractivity contribution in [2.45, 2.75) is 19.9 Å². The van der Waals surface area contributed by atoms with Crippen molar-refractivity contribution < 1.29 is 4.74 Å². The predicted molar refractivity (Wildman–Crippen MR) is 94.1 cm³/mol. The van der Waals surface area contributed by atoms with Gasteiger partial charge in [0.25, 0.3) is 0 Å². The molecule has 0 amide bonds. The molecule has 22 heavy (non-hydrogen) atoms. The Labute approximate surface area is 133 Å². The minimum Gasteiger partial charge on any atom is -0.497 e. The molecule has 0 fully saturated rings. The van der Waals surface area contributed by atoms with E-state index in [1.165, 1.54) is 11.1 Å². The summed E-state index contributed by atoms with van der Waals surface area (Å²) in [4.78, 5) is 0. The average Bonchev–Trinajstić information content (AvgIpc) is 2.58. The molecule has 2 aromatic rings. The smallest absolute Gasteiger partial charge is 0.119 e. The normalized spacial score (nSPS) is 14.0. The van der Waals surface area contributed by atoms with Crippen molar-refractivity contribution in [3.05, 3.63) is 71.8 Å². The lowest BCUT2D eigenvalue weighted by Crippen LogP contribution is -2.23. The second-order valence-corrected chi connectivity index (χ2v) is 5.65. The number of hydrogen-bond acceptors (Lipinski definition) is 2. The Kier molecular flexibility index (Phi) is 6.23. The summed E-state index contributed by atoms with van der Waals surface area (Å²) >= 11 is 0. The van der Waals surface area contributed by atoms with Gasteiger partial charge in [0.05, 0.1) is 7.11 Å². The average molecular weight is 295 g/mol. The van der Waals surface area contributed by atoms with Crippen LogP contribution < -0.4 is 10.1 Å². The van der Waals surface area contributed by atoms with E-state index in [1.54, 1.807) is 7.11 Å². The van der Waals surface area contributed by atoms with Crippen LogP contribution in [0.2, 0.25) is 0 Å². The van der Waals surface area contributed by atoms with Gasteiger partial charge in [0.1, 0.15) is 5.75 Å². The van der Waals surface area contributed by atoms with Gasteiger partial charge in [-0.15, -0.1) is 0 Å². The van der Waals surface area contributed by atoms with Gasteiger partial charge in [0.2, 0.25) is 0 Å². The molecule has 2 unspecified atom stereocenters. The summed E-state index contributed by atoms with van der Waals surface area (Å²) in [7, 11) is 1.70. The van der Waals surface area contributed by atoms with Gasteiger partial charge in [-0.2, -0.15) is 0 Å². The van der Waals surface area contributed by atoms with Crippen molar-refractivity contribution in [3.8, 4) is 5.75 Å². The molecule has 2 atom stereocenters. The van der Waals surface area contributed by atoms with E-state index >= 15 is 0 Å². The maximum absolute atomic E-state index is 5.28. The molecule has 1 N–H and O–H groups in total. The molecule has 0 heterocycles. The van der Waals surface area contributed by atoms with Gasteiger partial charge in [-0.3, -0.25) is 0 Å². The summed E-state index contributed by atoms with van der Waals surface area (Å²) in [5.41, 5.74) is 2.49. The minimum absolute atomic E-state index is 0.308. The largest absolute Gasteiger partial charge is 0.497 e. The fourth-order valence-corrected chi connectivity index (χ4v) is 2.30. The van der Waals surface area contributed by atoms with Crippen LogP contribution in [0, 0.1) is 5.92 Å². The van der Waals surface area contributed by atoms with Crippen LogP contribution in [-0.4, -0.2) is 13.7 Å². The molecule has 0 saturated carbocycles. The van der Waals surface area contributed by atoms with Crippen LogP contribution >= 0.6 is 0 Å². The van der Waals surface area contributed by atoms with Crippen molar-refractivity contribution in [1.82, 2.24) is 5.32 Å². The highest BCUT2D eigenvalue weighted by Crippen LogP contribution is 2.19. The number of hydrogen-bond donors (Lipinski definition) is 1. The van der Waals surface area contributed by atoms with Crippen LogP contribution in [0.3, 0.4) is 0 Å². The molecular formula is C20H25NO. The lowest BCUT2D eigenvalue weighted by atomic mass is 10.1. The molecule has 2 rings (SSSR count). The summed E-state index contributed by atoms with van der Waals surface area (Å²) in [5, 5.41) is 3.58. The molecule has 0 bridgehead atoms. The van der Waals surface area contributed by atoms with Crippen molar-refractivity contribution in [3.63, 3.8) is 0 Å². The zero-order chi connectivity index (χ0) is 15.8. The molecule has 0 spiro atoms. The maximum atomic E-state index is 5.28. The summed E-state index contributed by atoms with van der Waals surface area (Å²) in [6, 6.07) is 18.9. The van der Waals surface area contributed by atoms with Gasteiger partial charge in [-0.25, -0.2) is 0 Å². The first-order valence-electron chi connectivity index (χ1n) is 7.79. The second kappa shape index (κ2) is 8.40. The zero-order valence-electron chi connectivity index (χ0n) is 13.6. The number of benzene rings is 2. The number of nitrogens with one attached hydrogen (secondary N) is 1. The topological polar surface area (TPSA) is 21.3 Å². The Hall–Kier alpha value is -2.06. The first-order valence-corrected chi connectivity index (χ1v) is 7.79. The van der Waals surface area contributed by atoms with E-state index in [0.717, 1.165) is 12.3 Å². The molecule has 0 aromatic heterocycles. The molecule has 0 aliphatic heterocycles. The van der Waals surface area contributed by atoms with Gasteiger partial charge in [0, 0.05) is 12.6 Å². The number of methoxy groups -OCH3 is 1. The lowest BCUT2D eigenvalue weighted by molar-refractivity contribution is 0.413. The monoisotopic (exact) mass is 295 g/mol. The number of ether oxygens (including phenoxy) is 1. The Morgan fingerprint density at radius 3 is 2.55 bits per heavy atom. The van der Waals surface area contributed by atoms with Crippen LogP contribution in [0.25, 0.3) is 6.08 Å². The van der Waals surface area contributed by atoms with Gasteiger partial charge in [0.15, 0.2) is 0 Å². The minimum atomic E-state index is 0.308.